The van der Waals surface area contributed by atoms with Gasteiger partial charge in [-0.15, -0.1) is 0 Å². The van der Waals surface area contributed by atoms with Crippen molar-refractivity contribution in [1.82, 2.24) is 5.48 Å². The lowest BCUT2D eigenvalue weighted by Gasteiger charge is -2.10. The van der Waals surface area contributed by atoms with Gasteiger partial charge in [0.1, 0.15) is 5.75 Å². The average Bonchev–Trinajstić information content (AvgIpc) is 2.38. The Morgan fingerprint density at radius 1 is 1.47 bits per heavy atom. The van der Waals surface area contributed by atoms with Gasteiger partial charge >= 0.3 is 12.0 Å². The summed E-state index contributed by atoms with van der Waals surface area (Å²) in [6.07, 6.45) is 0. The van der Waals surface area contributed by atoms with Crippen molar-refractivity contribution >= 4 is 17.7 Å². The van der Waals surface area contributed by atoms with E-state index in [1.165, 1.54) is 25.3 Å². The average molecular weight is 265 g/mol. The van der Waals surface area contributed by atoms with Crippen molar-refractivity contribution in [2.24, 2.45) is 0 Å². The third-order valence-electron chi connectivity index (χ3n) is 1.94. The summed E-state index contributed by atoms with van der Waals surface area (Å²) in [5.74, 6) is -0.913. The van der Waals surface area contributed by atoms with E-state index in [9.17, 15) is 9.59 Å². The van der Waals surface area contributed by atoms with E-state index in [2.05, 4.69) is 10.2 Å². The highest BCUT2D eigenvalue weighted by atomic mass is 16.7. The van der Waals surface area contributed by atoms with Crippen molar-refractivity contribution in [2.45, 2.75) is 0 Å². The number of methoxy groups -OCH3 is 1. The first-order valence-electron chi connectivity index (χ1n) is 5.05. The van der Waals surface area contributed by atoms with Gasteiger partial charge in [0.15, 0.2) is 6.61 Å². The molecule has 0 saturated heterocycles. The molecular weight excluding hydrogens is 254 g/mol. The highest BCUT2D eigenvalue weighted by Crippen LogP contribution is 2.25. The Balaban J connectivity index is 2.64. The molecule has 0 unspecified atom stereocenters. The number of aliphatic carboxylic acids is 1. The number of hydrogen-bond acceptors (Lipinski definition) is 5. The topological polar surface area (TPSA) is 121 Å². The van der Waals surface area contributed by atoms with Gasteiger partial charge in [-0.1, -0.05) is 0 Å². The molecule has 0 aliphatic rings. The molecule has 1 aromatic rings. The van der Waals surface area contributed by atoms with Crippen LogP contribution in [0.1, 0.15) is 5.56 Å². The molecule has 0 radical (unpaired) electrons. The van der Waals surface area contributed by atoms with Crippen molar-refractivity contribution in [3.63, 3.8) is 0 Å². The van der Waals surface area contributed by atoms with Gasteiger partial charge < -0.3 is 15.2 Å². The lowest BCUT2D eigenvalue weighted by atomic mass is 10.2. The summed E-state index contributed by atoms with van der Waals surface area (Å²) in [6.45, 7) is -0.655. The number of ether oxygens (including phenoxy) is 1. The van der Waals surface area contributed by atoms with Crippen LogP contribution in [0.5, 0.6) is 5.75 Å². The number of carboxylic acid groups (broad SMARTS) is 1. The number of benzene rings is 1. The Labute approximate surface area is 108 Å². The molecule has 8 heteroatoms. The SMILES string of the molecule is COc1cc(C#N)ccc1NC(=O)NOCC(=O)O. The first-order valence-corrected chi connectivity index (χ1v) is 5.05. The van der Waals surface area contributed by atoms with E-state index < -0.39 is 18.6 Å². The number of carbonyl (C=O) groups is 2. The molecule has 0 fully saturated rings. The minimum atomic E-state index is -1.21. The first kappa shape index (κ1) is 14.3. The van der Waals surface area contributed by atoms with Crippen LogP contribution in [0.15, 0.2) is 18.2 Å². The van der Waals surface area contributed by atoms with Gasteiger partial charge in [0, 0.05) is 6.07 Å². The van der Waals surface area contributed by atoms with E-state index in [-0.39, 0.29) is 0 Å². The second kappa shape index (κ2) is 6.83. The zero-order chi connectivity index (χ0) is 14.3. The molecule has 0 aromatic heterocycles. The van der Waals surface area contributed by atoms with Crippen LogP contribution in [0.4, 0.5) is 10.5 Å². The summed E-state index contributed by atoms with van der Waals surface area (Å²) in [5, 5.41) is 19.4. The van der Waals surface area contributed by atoms with E-state index in [0.29, 0.717) is 17.0 Å². The normalized spacial score (nSPS) is 9.26. The number of urea groups is 1. The number of hydroxylamine groups is 1. The molecule has 3 N–H and O–H groups in total. The maximum absolute atomic E-state index is 11.4. The molecule has 0 aliphatic heterocycles. The fourth-order valence-electron chi connectivity index (χ4n) is 1.18. The van der Waals surface area contributed by atoms with Crippen LogP contribution >= 0.6 is 0 Å². The van der Waals surface area contributed by atoms with Crippen molar-refractivity contribution in [3.05, 3.63) is 23.8 Å². The molecule has 100 valence electrons. The van der Waals surface area contributed by atoms with Crippen LogP contribution in [0.25, 0.3) is 0 Å². The summed E-state index contributed by atoms with van der Waals surface area (Å²) < 4.78 is 5.00. The Hall–Kier alpha value is -2.79. The van der Waals surface area contributed by atoms with E-state index in [1.54, 1.807) is 0 Å². The van der Waals surface area contributed by atoms with Gasteiger partial charge in [-0.05, 0) is 12.1 Å². The molecule has 0 heterocycles. The molecular formula is C11H11N3O5. The van der Waals surface area contributed by atoms with Gasteiger partial charge in [-0.25, -0.2) is 15.1 Å². The highest BCUT2D eigenvalue weighted by Gasteiger charge is 2.08. The number of rotatable bonds is 5. The summed E-state index contributed by atoms with van der Waals surface area (Å²) in [4.78, 5) is 25.9. The van der Waals surface area contributed by atoms with Gasteiger partial charge in [0.05, 0.1) is 24.4 Å². The van der Waals surface area contributed by atoms with Crippen molar-refractivity contribution in [3.8, 4) is 11.8 Å². The van der Waals surface area contributed by atoms with Crippen LogP contribution in [-0.2, 0) is 9.63 Å². The fraction of sp³-hybridized carbons (Fsp3) is 0.182. The number of anilines is 1. The van der Waals surface area contributed by atoms with Crippen molar-refractivity contribution < 1.29 is 24.3 Å². The number of hydrogen-bond donors (Lipinski definition) is 3. The Kier molecular flexibility index (Phi) is 5.13. The quantitative estimate of drug-likeness (QED) is 0.674. The number of carbonyl (C=O) groups excluding carboxylic acids is 1. The molecule has 0 atom stereocenters. The smallest absolute Gasteiger partial charge is 0.343 e. The van der Waals surface area contributed by atoms with Crippen LogP contribution in [0.2, 0.25) is 0 Å². The summed E-state index contributed by atoms with van der Waals surface area (Å²) in [6, 6.07) is 5.60. The summed E-state index contributed by atoms with van der Waals surface area (Å²) in [7, 11) is 1.39. The number of nitrogens with one attached hydrogen (secondary N) is 2. The van der Waals surface area contributed by atoms with E-state index in [4.69, 9.17) is 15.1 Å². The van der Waals surface area contributed by atoms with Crippen LogP contribution in [0, 0.1) is 11.3 Å². The van der Waals surface area contributed by atoms with Gasteiger partial charge in [0.25, 0.3) is 0 Å². The molecule has 0 bridgehead atoms. The minimum Gasteiger partial charge on any atom is -0.495 e. The molecule has 0 saturated carbocycles. The maximum Gasteiger partial charge on any atom is 0.343 e. The zero-order valence-electron chi connectivity index (χ0n) is 9.97. The Morgan fingerprint density at radius 2 is 2.21 bits per heavy atom. The predicted octanol–water partition coefficient (Wildman–Crippen LogP) is 0.705. The zero-order valence-corrected chi connectivity index (χ0v) is 9.97. The molecule has 2 amide bonds. The standard InChI is InChI=1S/C11H11N3O5/c1-18-9-4-7(5-12)2-3-8(9)13-11(17)14-19-6-10(15)16/h2-4H,6H2,1H3,(H,15,16)(H2,13,14,17). The third-order valence-corrected chi connectivity index (χ3v) is 1.94. The second-order valence-corrected chi connectivity index (χ2v) is 3.27. The van der Waals surface area contributed by atoms with Gasteiger partial charge in [-0.2, -0.15) is 5.26 Å². The molecule has 1 rings (SSSR count). The predicted molar refractivity (Wildman–Crippen MR) is 63.5 cm³/mol. The number of carboxylic acids is 1. The molecule has 0 aliphatic carbocycles. The van der Waals surface area contributed by atoms with Crippen molar-refractivity contribution in [1.29, 1.82) is 5.26 Å². The highest BCUT2D eigenvalue weighted by molar-refractivity contribution is 5.90. The molecule has 0 spiro atoms. The number of nitrogens with zero attached hydrogens (tertiary/aromatic N) is 1. The molecule has 1 aromatic carbocycles. The number of nitriles is 1. The third kappa shape index (κ3) is 4.53. The lowest BCUT2D eigenvalue weighted by molar-refractivity contribution is -0.143. The van der Waals surface area contributed by atoms with Gasteiger partial charge in [-0.3, -0.25) is 4.84 Å². The molecule has 8 nitrogen and oxygen atoms in total. The number of amides is 2. The second-order valence-electron chi connectivity index (χ2n) is 3.27. The van der Waals surface area contributed by atoms with E-state index in [1.807, 2.05) is 11.5 Å². The fourth-order valence-corrected chi connectivity index (χ4v) is 1.18. The van der Waals surface area contributed by atoms with Gasteiger partial charge in [0.2, 0.25) is 0 Å². The van der Waals surface area contributed by atoms with E-state index in [0.717, 1.165) is 0 Å². The summed E-state index contributed by atoms with van der Waals surface area (Å²) in [5.41, 5.74) is 2.59. The summed E-state index contributed by atoms with van der Waals surface area (Å²) >= 11 is 0. The lowest BCUT2D eigenvalue weighted by Crippen LogP contribution is -2.30. The largest absolute Gasteiger partial charge is 0.495 e. The maximum atomic E-state index is 11.4. The monoisotopic (exact) mass is 265 g/mol. The van der Waals surface area contributed by atoms with Crippen LogP contribution < -0.4 is 15.5 Å². The molecule has 19 heavy (non-hydrogen) atoms. The Bertz CT molecular complexity index is 524. The first-order chi connectivity index (χ1) is 9.06. The van der Waals surface area contributed by atoms with Crippen LogP contribution in [-0.4, -0.2) is 30.8 Å². The van der Waals surface area contributed by atoms with E-state index >= 15 is 0 Å². The minimum absolute atomic E-state index is 0.299. The van der Waals surface area contributed by atoms with Crippen LogP contribution in [0.3, 0.4) is 0 Å². The van der Waals surface area contributed by atoms with Crippen molar-refractivity contribution in [2.75, 3.05) is 19.0 Å². The Morgan fingerprint density at radius 3 is 2.79 bits per heavy atom.